The molecule has 0 aliphatic rings. The van der Waals surface area contributed by atoms with Gasteiger partial charge < -0.3 is 19.3 Å². The van der Waals surface area contributed by atoms with E-state index in [1.54, 1.807) is 0 Å². The van der Waals surface area contributed by atoms with Crippen LogP contribution >= 0.6 is 0 Å². The van der Waals surface area contributed by atoms with Crippen LogP contribution in [-0.4, -0.2) is 38.7 Å². The lowest BCUT2D eigenvalue weighted by Gasteiger charge is -2.09. The van der Waals surface area contributed by atoms with Gasteiger partial charge in [-0.15, -0.1) is 0 Å². The van der Waals surface area contributed by atoms with Crippen LogP contribution in [-0.2, 0) is 19.0 Å². The SMILES string of the molecule is COC=C(C(=O)OC)C(O)OC. The van der Waals surface area contributed by atoms with E-state index in [0.717, 1.165) is 6.26 Å². The second-order valence-corrected chi connectivity index (χ2v) is 1.89. The van der Waals surface area contributed by atoms with Gasteiger partial charge in [0.15, 0.2) is 6.29 Å². The third-order valence-corrected chi connectivity index (χ3v) is 1.16. The Hall–Kier alpha value is -1.07. The summed E-state index contributed by atoms with van der Waals surface area (Å²) in [5.41, 5.74) is -0.0810. The fraction of sp³-hybridized carbons (Fsp3) is 0.571. The minimum absolute atomic E-state index is 0.0810. The molecule has 0 saturated heterocycles. The molecule has 5 heteroatoms. The Bertz CT molecular complexity index is 175. The van der Waals surface area contributed by atoms with Crippen molar-refractivity contribution >= 4 is 5.97 Å². The molecule has 0 fully saturated rings. The summed E-state index contributed by atoms with van der Waals surface area (Å²) in [4.78, 5) is 10.9. The van der Waals surface area contributed by atoms with Gasteiger partial charge in [-0.3, -0.25) is 0 Å². The zero-order chi connectivity index (χ0) is 9.56. The van der Waals surface area contributed by atoms with E-state index >= 15 is 0 Å². The highest BCUT2D eigenvalue weighted by Crippen LogP contribution is 2.05. The molecule has 1 atom stereocenters. The highest BCUT2D eigenvalue weighted by Gasteiger charge is 2.19. The number of rotatable bonds is 4. The first kappa shape index (κ1) is 10.9. The van der Waals surface area contributed by atoms with E-state index in [4.69, 9.17) is 5.11 Å². The Kier molecular flexibility index (Phi) is 5.07. The molecule has 0 aliphatic heterocycles. The maximum absolute atomic E-state index is 10.9. The van der Waals surface area contributed by atoms with Crippen molar-refractivity contribution in [2.75, 3.05) is 21.3 Å². The number of ether oxygens (including phenoxy) is 3. The van der Waals surface area contributed by atoms with E-state index < -0.39 is 12.3 Å². The van der Waals surface area contributed by atoms with Crippen LogP contribution in [0.3, 0.4) is 0 Å². The number of methoxy groups -OCH3 is 3. The third-order valence-electron chi connectivity index (χ3n) is 1.16. The number of aliphatic hydroxyl groups is 1. The molecule has 0 bridgehead atoms. The summed E-state index contributed by atoms with van der Waals surface area (Å²) in [5.74, 6) is -0.689. The van der Waals surface area contributed by atoms with Crippen LogP contribution < -0.4 is 0 Å². The fourth-order valence-electron chi connectivity index (χ4n) is 0.579. The van der Waals surface area contributed by atoms with Crippen molar-refractivity contribution in [1.29, 1.82) is 0 Å². The normalized spacial score (nSPS) is 13.8. The lowest BCUT2D eigenvalue weighted by molar-refractivity contribution is -0.141. The predicted octanol–water partition coefficient (Wildman–Crippen LogP) is -0.346. The first-order valence-electron chi connectivity index (χ1n) is 3.19. The van der Waals surface area contributed by atoms with Gasteiger partial charge in [0.1, 0.15) is 5.57 Å². The summed E-state index contributed by atoms with van der Waals surface area (Å²) >= 11 is 0. The summed E-state index contributed by atoms with van der Waals surface area (Å²) in [6, 6.07) is 0. The van der Waals surface area contributed by atoms with Crippen LogP contribution in [0, 0.1) is 0 Å². The molecule has 0 aromatic carbocycles. The summed E-state index contributed by atoms with van der Waals surface area (Å²) in [5, 5.41) is 9.08. The lowest BCUT2D eigenvalue weighted by Crippen LogP contribution is -2.21. The van der Waals surface area contributed by atoms with Gasteiger partial charge in [-0.25, -0.2) is 4.79 Å². The van der Waals surface area contributed by atoms with Crippen LogP contribution in [0.5, 0.6) is 0 Å². The molecule has 1 N–H and O–H groups in total. The van der Waals surface area contributed by atoms with Gasteiger partial charge in [-0.1, -0.05) is 0 Å². The van der Waals surface area contributed by atoms with E-state index in [1.165, 1.54) is 21.3 Å². The molecule has 0 amide bonds. The molecule has 0 aliphatic carbocycles. The van der Waals surface area contributed by atoms with Crippen molar-refractivity contribution in [2.45, 2.75) is 6.29 Å². The Labute approximate surface area is 70.5 Å². The van der Waals surface area contributed by atoms with E-state index in [-0.39, 0.29) is 5.57 Å². The summed E-state index contributed by atoms with van der Waals surface area (Å²) in [7, 11) is 3.82. The Morgan fingerprint density at radius 2 is 2.00 bits per heavy atom. The number of hydrogen-bond donors (Lipinski definition) is 1. The smallest absolute Gasteiger partial charge is 0.342 e. The standard InChI is InChI=1S/C7H12O5/c1-10-4-5(6(8)11-2)7(9)12-3/h4,6,8H,1-3H3. The Balaban J connectivity index is 4.43. The molecule has 12 heavy (non-hydrogen) atoms. The van der Waals surface area contributed by atoms with Crippen molar-refractivity contribution in [1.82, 2.24) is 0 Å². The van der Waals surface area contributed by atoms with Crippen molar-refractivity contribution in [3.05, 3.63) is 11.8 Å². The van der Waals surface area contributed by atoms with Gasteiger partial charge in [-0.2, -0.15) is 0 Å². The first-order chi connectivity index (χ1) is 5.67. The van der Waals surface area contributed by atoms with Crippen molar-refractivity contribution in [2.24, 2.45) is 0 Å². The molecule has 0 aromatic rings. The zero-order valence-corrected chi connectivity index (χ0v) is 7.23. The summed E-state index contributed by atoms with van der Waals surface area (Å²) in [6.45, 7) is 0. The van der Waals surface area contributed by atoms with Gasteiger partial charge in [0, 0.05) is 7.11 Å². The van der Waals surface area contributed by atoms with E-state index in [0.29, 0.717) is 0 Å². The molecular formula is C7H12O5. The van der Waals surface area contributed by atoms with Crippen LogP contribution in [0.1, 0.15) is 0 Å². The number of aliphatic hydroxyl groups excluding tert-OH is 1. The van der Waals surface area contributed by atoms with Crippen LogP contribution in [0.15, 0.2) is 11.8 Å². The van der Waals surface area contributed by atoms with Crippen LogP contribution in [0.4, 0.5) is 0 Å². The maximum Gasteiger partial charge on any atom is 0.342 e. The van der Waals surface area contributed by atoms with E-state index in [9.17, 15) is 4.79 Å². The van der Waals surface area contributed by atoms with Gasteiger partial charge in [0.2, 0.25) is 0 Å². The van der Waals surface area contributed by atoms with Gasteiger partial charge >= 0.3 is 5.97 Å². The first-order valence-corrected chi connectivity index (χ1v) is 3.19. The molecule has 5 nitrogen and oxygen atoms in total. The molecule has 1 unspecified atom stereocenters. The quantitative estimate of drug-likeness (QED) is 0.274. The third kappa shape index (κ3) is 2.89. The van der Waals surface area contributed by atoms with Gasteiger partial charge in [0.25, 0.3) is 0 Å². The van der Waals surface area contributed by atoms with E-state index in [2.05, 4.69) is 14.2 Å². The van der Waals surface area contributed by atoms with Crippen LogP contribution in [0.2, 0.25) is 0 Å². The predicted molar refractivity (Wildman–Crippen MR) is 40.1 cm³/mol. The molecular weight excluding hydrogens is 164 g/mol. The second-order valence-electron chi connectivity index (χ2n) is 1.89. The Morgan fingerprint density at radius 1 is 1.42 bits per heavy atom. The number of esters is 1. The molecule has 0 radical (unpaired) electrons. The van der Waals surface area contributed by atoms with E-state index in [1.807, 2.05) is 0 Å². The summed E-state index contributed by atoms with van der Waals surface area (Å²) < 4.78 is 13.4. The average Bonchev–Trinajstić information content (AvgIpc) is 2.11. The monoisotopic (exact) mass is 176 g/mol. The minimum Gasteiger partial charge on any atom is -0.504 e. The molecule has 0 aromatic heterocycles. The number of hydrogen-bond acceptors (Lipinski definition) is 5. The molecule has 70 valence electrons. The molecule has 0 rings (SSSR count). The van der Waals surface area contributed by atoms with Crippen LogP contribution in [0.25, 0.3) is 0 Å². The van der Waals surface area contributed by atoms with Crippen molar-refractivity contribution in [3.63, 3.8) is 0 Å². The average molecular weight is 176 g/mol. The molecule has 0 saturated carbocycles. The van der Waals surface area contributed by atoms with Crippen molar-refractivity contribution in [3.8, 4) is 0 Å². The minimum atomic E-state index is -1.32. The zero-order valence-electron chi connectivity index (χ0n) is 7.23. The van der Waals surface area contributed by atoms with Crippen molar-refractivity contribution < 1.29 is 24.1 Å². The Morgan fingerprint density at radius 3 is 2.33 bits per heavy atom. The highest BCUT2D eigenvalue weighted by molar-refractivity contribution is 5.88. The second kappa shape index (κ2) is 5.56. The molecule has 0 heterocycles. The maximum atomic E-state index is 10.9. The number of carbonyl (C=O) groups excluding carboxylic acids is 1. The fourth-order valence-corrected chi connectivity index (χ4v) is 0.579. The highest BCUT2D eigenvalue weighted by atomic mass is 16.6. The largest absolute Gasteiger partial charge is 0.504 e. The topological polar surface area (TPSA) is 65.0 Å². The van der Waals surface area contributed by atoms with Gasteiger partial charge in [0.05, 0.1) is 20.5 Å². The van der Waals surface area contributed by atoms with Gasteiger partial charge in [-0.05, 0) is 0 Å². The number of carbonyl (C=O) groups is 1. The lowest BCUT2D eigenvalue weighted by atomic mass is 10.3. The summed E-state index contributed by atoms with van der Waals surface area (Å²) in [6.07, 6.45) is -0.252. The molecule has 0 spiro atoms.